The Morgan fingerprint density at radius 3 is 1.89 bits per heavy atom. The second-order valence-electron chi connectivity index (χ2n) is 12.0. The van der Waals surface area contributed by atoms with Crippen molar-refractivity contribution in [3.8, 4) is 34.1 Å². The minimum atomic E-state index is -0.0796. The third-order valence-corrected chi connectivity index (χ3v) is 8.51. The molecule has 0 amide bonds. The van der Waals surface area contributed by atoms with Crippen molar-refractivity contribution >= 4 is 0 Å². The van der Waals surface area contributed by atoms with E-state index in [0.717, 1.165) is 85.2 Å². The largest absolute Gasteiger partial charge is 0.494 e. The van der Waals surface area contributed by atoms with Gasteiger partial charge >= 0.3 is 0 Å². The summed E-state index contributed by atoms with van der Waals surface area (Å²) in [5.41, 5.74) is 6.88. The summed E-state index contributed by atoms with van der Waals surface area (Å²) in [7, 11) is 0. The molecule has 0 saturated carbocycles. The maximum Gasteiger partial charge on any atom is 0.119 e. The first kappa shape index (κ1) is 31.5. The molecule has 1 atom stereocenters. The van der Waals surface area contributed by atoms with Gasteiger partial charge in [0.05, 0.1) is 42.6 Å². The topological polar surface area (TPSA) is 67.7 Å². The van der Waals surface area contributed by atoms with E-state index < -0.39 is 0 Å². The molecule has 46 heavy (non-hydrogen) atoms. The lowest BCUT2D eigenvalue weighted by Gasteiger charge is -2.31. The molecule has 8 bridgehead atoms. The molecule has 1 N–H and O–H groups in total. The molecular weight excluding hydrogens is 570 g/mol. The van der Waals surface area contributed by atoms with E-state index in [4.69, 9.17) is 19.4 Å². The van der Waals surface area contributed by atoms with Crippen LogP contribution in [0.2, 0.25) is 0 Å². The number of ether oxygens (including phenoxy) is 2. The van der Waals surface area contributed by atoms with Gasteiger partial charge in [0.25, 0.3) is 0 Å². The van der Waals surface area contributed by atoms with Gasteiger partial charge in [0.15, 0.2) is 0 Å². The van der Waals surface area contributed by atoms with Crippen LogP contribution in [0.15, 0.2) is 115 Å². The number of aliphatic hydroxyl groups is 1. The van der Waals surface area contributed by atoms with E-state index >= 15 is 0 Å². The second kappa shape index (κ2) is 16.2. The molecule has 6 heteroatoms. The first-order chi connectivity index (χ1) is 22.7. The Hall–Kier alpha value is -4.52. The summed E-state index contributed by atoms with van der Waals surface area (Å²) in [6, 6.07) is 39.1. The highest BCUT2D eigenvalue weighted by molar-refractivity contribution is 5.64. The smallest absolute Gasteiger partial charge is 0.119 e. The molecule has 0 aliphatic carbocycles. The molecule has 4 aliphatic heterocycles. The number of pyridine rings is 2. The molecule has 6 nitrogen and oxygen atoms in total. The van der Waals surface area contributed by atoms with E-state index in [0.29, 0.717) is 13.1 Å². The first-order valence-corrected chi connectivity index (χ1v) is 16.5. The van der Waals surface area contributed by atoms with Crippen LogP contribution in [0.3, 0.4) is 0 Å². The number of benzene rings is 3. The molecule has 5 aromatic rings. The maximum absolute atomic E-state index is 10.6. The summed E-state index contributed by atoms with van der Waals surface area (Å²) in [5.74, 6) is 1.77. The van der Waals surface area contributed by atoms with Gasteiger partial charge in [0, 0.05) is 24.7 Å². The van der Waals surface area contributed by atoms with Gasteiger partial charge in [-0.2, -0.15) is 0 Å². The Morgan fingerprint density at radius 2 is 1.20 bits per heavy atom. The Morgan fingerprint density at radius 1 is 0.587 bits per heavy atom. The van der Waals surface area contributed by atoms with Crippen molar-refractivity contribution in [2.24, 2.45) is 0 Å². The van der Waals surface area contributed by atoms with Crippen LogP contribution in [0.1, 0.15) is 48.9 Å². The summed E-state index contributed by atoms with van der Waals surface area (Å²) >= 11 is 0. The van der Waals surface area contributed by atoms with Crippen molar-refractivity contribution in [1.82, 2.24) is 14.9 Å². The monoisotopic (exact) mass is 613 g/mol. The van der Waals surface area contributed by atoms with Gasteiger partial charge in [-0.05, 0) is 91.1 Å². The fourth-order valence-corrected chi connectivity index (χ4v) is 5.93. The molecule has 4 aliphatic rings. The lowest BCUT2D eigenvalue weighted by atomic mass is 10.0. The van der Waals surface area contributed by atoms with Crippen LogP contribution >= 0.6 is 0 Å². The van der Waals surface area contributed by atoms with Crippen molar-refractivity contribution in [2.45, 2.75) is 57.7 Å². The van der Waals surface area contributed by atoms with Crippen molar-refractivity contribution in [2.75, 3.05) is 19.8 Å². The van der Waals surface area contributed by atoms with E-state index in [1.54, 1.807) is 0 Å². The second-order valence-corrected chi connectivity index (χ2v) is 12.0. The molecular formula is C40H43N3O3. The Balaban J connectivity index is 1.29. The predicted molar refractivity (Wildman–Crippen MR) is 184 cm³/mol. The molecule has 9 rings (SSSR count). The Bertz CT molecular complexity index is 1640. The van der Waals surface area contributed by atoms with E-state index in [1.807, 2.05) is 48.5 Å². The van der Waals surface area contributed by atoms with Gasteiger partial charge in [-0.15, -0.1) is 0 Å². The number of aliphatic hydroxyl groups excluding tert-OH is 1. The van der Waals surface area contributed by atoms with Crippen molar-refractivity contribution in [3.05, 3.63) is 132 Å². The number of hydrogen-bond donors (Lipinski definition) is 1. The number of rotatable bonds is 4. The average molecular weight is 614 g/mol. The summed E-state index contributed by atoms with van der Waals surface area (Å²) < 4.78 is 12.1. The zero-order valence-electron chi connectivity index (χ0n) is 26.4. The molecule has 2 aromatic heterocycles. The zero-order chi connectivity index (χ0) is 31.4. The number of hydrogen-bond acceptors (Lipinski definition) is 6. The molecule has 236 valence electrons. The lowest BCUT2D eigenvalue weighted by Crippen LogP contribution is -2.39. The third kappa shape index (κ3) is 8.81. The molecule has 0 unspecified atom stereocenters. The van der Waals surface area contributed by atoms with E-state index in [1.165, 1.54) is 17.5 Å². The minimum Gasteiger partial charge on any atom is -0.494 e. The highest BCUT2D eigenvalue weighted by Crippen LogP contribution is 2.25. The Kier molecular flexibility index (Phi) is 11.1. The van der Waals surface area contributed by atoms with Crippen LogP contribution in [0.4, 0.5) is 0 Å². The molecule has 0 radical (unpaired) electrons. The van der Waals surface area contributed by atoms with Gasteiger partial charge in [-0.25, -0.2) is 9.97 Å². The Labute approximate surface area is 272 Å². The predicted octanol–water partition coefficient (Wildman–Crippen LogP) is 8.14. The normalized spacial score (nSPS) is 15.5. The molecule has 0 saturated heterocycles. The van der Waals surface area contributed by atoms with Crippen molar-refractivity contribution in [1.29, 1.82) is 0 Å². The van der Waals surface area contributed by atoms with Gasteiger partial charge in [0.1, 0.15) is 11.5 Å². The quantitative estimate of drug-likeness (QED) is 0.221. The van der Waals surface area contributed by atoms with Crippen LogP contribution in [0.5, 0.6) is 11.5 Å². The van der Waals surface area contributed by atoms with Crippen LogP contribution in [-0.2, 0) is 19.5 Å². The maximum atomic E-state index is 10.6. The zero-order valence-corrected chi connectivity index (χ0v) is 26.4. The lowest BCUT2D eigenvalue weighted by molar-refractivity contribution is 0.108. The fraction of sp³-hybridized carbons (Fsp3) is 0.300. The van der Waals surface area contributed by atoms with Crippen molar-refractivity contribution in [3.63, 3.8) is 0 Å². The van der Waals surface area contributed by atoms with Gasteiger partial charge in [0.2, 0.25) is 0 Å². The van der Waals surface area contributed by atoms with Gasteiger partial charge < -0.3 is 14.6 Å². The highest BCUT2D eigenvalue weighted by atomic mass is 16.5. The van der Waals surface area contributed by atoms with E-state index in [2.05, 4.69) is 71.6 Å². The summed E-state index contributed by atoms with van der Waals surface area (Å²) in [6.45, 7) is 2.75. The standard InChI is InChI=1S/C40H43N3O3/c44-30-35(27-31-11-5-4-6-12-31)43-28-32-17-21-36(22-18-32)45-25-7-2-1-3-8-26-46-37-23-19-33(20-24-37)38-14-10-16-40(42-38)39-15-9-13-34(29-43)41-39/h4-6,9-24,35,44H,1-3,7-8,25-30H2/t35-/m0/s1. The average Bonchev–Trinajstić information content (AvgIpc) is 3.11. The first-order valence-electron chi connectivity index (χ1n) is 16.5. The van der Waals surface area contributed by atoms with E-state index in [9.17, 15) is 5.11 Å². The van der Waals surface area contributed by atoms with Crippen LogP contribution in [0.25, 0.3) is 22.6 Å². The molecule has 0 spiro atoms. The molecule has 6 heterocycles. The third-order valence-electron chi connectivity index (χ3n) is 8.51. The van der Waals surface area contributed by atoms with Gasteiger partial charge in [-0.3, -0.25) is 4.90 Å². The van der Waals surface area contributed by atoms with E-state index in [-0.39, 0.29) is 12.6 Å². The summed E-state index contributed by atoms with van der Waals surface area (Å²) in [5, 5.41) is 10.6. The van der Waals surface area contributed by atoms with Crippen molar-refractivity contribution < 1.29 is 14.6 Å². The van der Waals surface area contributed by atoms with Crippen LogP contribution in [0, 0.1) is 0 Å². The molecule has 0 fully saturated rings. The summed E-state index contributed by atoms with van der Waals surface area (Å²) in [6.07, 6.45) is 6.29. The fourth-order valence-electron chi connectivity index (χ4n) is 5.93. The van der Waals surface area contributed by atoms with Crippen LogP contribution in [-0.4, -0.2) is 45.8 Å². The highest BCUT2D eigenvalue weighted by Gasteiger charge is 2.20. The summed E-state index contributed by atoms with van der Waals surface area (Å²) in [4.78, 5) is 12.4. The van der Waals surface area contributed by atoms with Crippen LogP contribution < -0.4 is 9.47 Å². The number of aromatic nitrogens is 2. The van der Waals surface area contributed by atoms with Gasteiger partial charge in [-0.1, -0.05) is 73.9 Å². The SMILES string of the molecule is OC[C@H](Cc1ccccc1)N1Cc2ccc(cc2)OCCCCCCCOc2ccc(cc2)-c2cccc(n2)-c2cccc(n2)C1. The number of nitrogens with zero attached hydrogens (tertiary/aromatic N) is 3. The molecule has 3 aromatic carbocycles. The minimum absolute atomic E-state index is 0.0449.